The van der Waals surface area contributed by atoms with E-state index in [1.165, 1.54) is 6.42 Å². The van der Waals surface area contributed by atoms with Crippen LogP contribution >= 0.6 is 11.6 Å². The second-order valence-corrected chi connectivity index (χ2v) is 6.18. The summed E-state index contributed by atoms with van der Waals surface area (Å²) < 4.78 is 1.89. The summed E-state index contributed by atoms with van der Waals surface area (Å²) in [5, 5.41) is 16.0. The lowest BCUT2D eigenvalue weighted by Crippen LogP contribution is -2.41. The van der Waals surface area contributed by atoms with Crippen molar-refractivity contribution in [3.05, 3.63) is 16.9 Å². The summed E-state index contributed by atoms with van der Waals surface area (Å²) in [6, 6.07) is 0. The summed E-state index contributed by atoms with van der Waals surface area (Å²) in [4.78, 5) is 0. The molecule has 18 heavy (non-hydrogen) atoms. The minimum atomic E-state index is -0.819. The Morgan fingerprint density at radius 1 is 1.50 bits per heavy atom. The molecule has 3 unspecified atom stereocenters. The molecule has 0 aromatic carbocycles. The van der Waals surface area contributed by atoms with Gasteiger partial charge in [0.25, 0.3) is 0 Å². The van der Waals surface area contributed by atoms with E-state index in [0.29, 0.717) is 10.9 Å². The Kier molecular flexibility index (Phi) is 4.02. The Balaban J connectivity index is 2.41. The van der Waals surface area contributed by atoms with Crippen molar-refractivity contribution in [1.82, 2.24) is 9.78 Å². The Morgan fingerprint density at radius 2 is 2.22 bits per heavy atom. The van der Waals surface area contributed by atoms with Crippen LogP contribution in [0.3, 0.4) is 0 Å². The van der Waals surface area contributed by atoms with Crippen LogP contribution < -0.4 is 0 Å². The third-order valence-electron chi connectivity index (χ3n) is 4.21. The first-order chi connectivity index (χ1) is 8.49. The smallest absolute Gasteiger partial charge is 0.110 e. The second kappa shape index (κ2) is 5.22. The molecule has 1 aromatic rings. The molecule has 0 bridgehead atoms. The molecule has 0 saturated heterocycles. The largest absolute Gasteiger partial charge is 0.383 e. The number of aromatic nitrogens is 2. The molecule has 0 spiro atoms. The predicted molar refractivity (Wildman–Crippen MR) is 73.6 cm³/mol. The molecule has 1 fully saturated rings. The fourth-order valence-electron chi connectivity index (χ4n) is 3.11. The maximum atomic E-state index is 11.1. The standard InChI is InChI=1S/C14H23ClN2O/c1-4-7-17-13(12(15)9-16-17)14(18)8-10(2)5-6-11(14)3/h9-11,18H,4-8H2,1-3H3. The van der Waals surface area contributed by atoms with Crippen LogP contribution in [0.1, 0.15) is 52.1 Å². The van der Waals surface area contributed by atoms with Gasteiger partial charge >= 0.3 is 0 Å². The molecule has 102 valence electrons. The Bertz CT molecular complexity index is 418. The predicted octanol–water partition coefficient (Wildman–Crippen LogP) is 3.59. The van der Waals surface area contributed by atoms with Crippen LogP contribution in [0.25, 0.3) is 0 Å². The summed E-state index contributed by atoms with van der Waals surface area (Å²) >= 11 is 6.27. The molecule has 4 heteroatoms. The average Bonchev–Trinajstić information content (AvgIpc) is 2.67. The molecular weight excluding hydrogens is 248 g/mol. The minimum absolute atomic E-state index is 0.235. The van der Waals surface area contributed by atoms with Crippen molar-refractivity contribution in [2.75, 3.05) is 0 Å². The number of hydrogen-bond donors (Lipinski definition) is 1. The number of rotatable bonds is 3. The third kappa shape index (κ3) is 2.30. The lowest BCUT2D eigenvalue weighted by molar-refractivity contribution is -0.0693. The topological polar surface area (TPSA) is 38.0 Å². The summed E-state index contributed by atoms with van der Waals surface area (Å²) in [5.41, 5.74) is 0.00511. The highest BCUT2D eigenvalue weighted by Crippen LogP contribution is 2.45. The van der Waals surface area contributed by atoms with Gasteiger partial charge in [0, 0.05) is 6.54 Å². The Labute approximate surface area is 114 Å². The SMILES string of the molecule is CCCn1ncc(Cl)c1C1(O)CC(C)CCC1C. The fraction of sp³-hybridized carbons (Fsp3) is 0.786. The lowest BCUT2D eigenvalue weighted by atomic mass is 9.70. The third-order valence-corrected chi connectivity index (χ3v) is 4.48. The maximum absolute atomic E-state index is 11.1. The van der Waals surface area contributed by atoms with Gasteiger partial charge < -0.3 is 5.11 Å². The van der Waals surface area contributed by atoms with E-state index in [0.717, 1.165) is 31.5 Å². The van der Waals surface area contributed by atoms with Crippen molar-refractivity contribution in [2.24, 2.45) is 11.8 Å². The number of nitrogens with zero attached hydrogens (tertiary/aromatic N) is 2. The highest BCUT2D eigenvalue weighted by atomic mass is 35.5. The fourth-order valence-corrected chi connectivity index (χ4v) is 3.42. The molecular formula is C14H23ClN2O. The highest BCUT2D eigenvalue weighted by molar-refractivity contribution is 6.31. The van der Waals surface area contributed by atoms with E-state index in [1.807, 2.05) is 4.68 Å². The van der Waals surface area contributed by atoms with Gasteiger partial charge in [-0.2, -0.15) is 5.10 Å². The molecule has 1 heterocycles. The van der Waals surface area contributed by atoms with Crippen LogP contribution in [0, 0.1) is 11.8 Å². The zero-order chi connectivity index (χ0) is 13.3. The molecule has 0 aliphatic heterocycles. The summed E-state index contributed by atoms with van der Waals surface area (Å²) in [5.74, 6) is 0.769. The summed E-state index contributed by atoms with van der Waals surface area (Å²) in [6.45, 7) is 7.23. The maximum Gasteiger partial charge on any atom is 0.110 e. The van der Waals surface area contributed by atoms with Crippen molar-refractivity contribution in [3.8, 4) is 0 Å². The first kappa shape index (κ1) is 13.9. The van der Waals surface area contributed by atoms with Gasteiger partial charge in [0.15, 0.2) is 0 Å². The van der Waals surface area contributed by atoms with Crippen molar-refractivity contribution >= 4 is 11.6 Å². The Hall–Kier alpha value is -0.540. The van der Waals surface area contributed by atoms with E-state index in [1.54, 1.807) is 6.20 Å². The molecule has 2 rings (SSSR count). The highest BCUT2D eigenvalue weighted by Gasteiger charge is 2.43. The second-order valence-electron chi connectivity index (χ2n) is 5.78. The zero-order valence-corrected chi connectivity index (χ0v) is 12.2. The van der Waals surface area contributed by atoms with Gasteiger partial charge in [0.05, 0.1) is 16.9 Å². The van der Waals surface area contributed by atoms with E-state index in [2.05, 4.69) is 25.9 Å². The van der Waals surface area contributed by atoms with Crippen molar-refractivity contribution < 1.29 is 5.11 Å². The van der Waals surface area contributed by atoms with E-state index >= 15 is 0 Å². The molecule has 3 atom stereocenters. The van der Waals surface area contributed by atoms with Gasteiger partial charge in [-0.15, -0.1) is 0 Å². The first-order valence-electron chi connectivity index (χ1n) is 6.93. The molecule has 1 N–H and O–H groups in total. The summed E-state index contributed by atoms with van der Waals surface area (Å²) in [6.07, 6.45) is 5.67. The van der Waals surface area contributed by atoms with Gasteiger partial charge in [0.1, 0.15) is 5.60 Å². The van der Waals surface area contributed by atoms with Crippen LogP contribution in [-0.4, -0.2) is 14.9 Å². The normalized spacial score (nSPS) is 32.7. The molecule has 0 radical (unpaired) electrons. The monoisotopic (exact) mass is 270 g/mol. The van der Waals surface area contributed by atoms with E-state index in [4.69, 9.17) is 11.6 Å². The summed E-state index contributed by atoms with van der Waals surface area (Å²) in [7, 11) is 0. The van der Waals surface area contributed by atoms with Crippen molar-refractivity contribution in [2.45, 2.75) is 58.6 Å². The number of aryl methyl sites for hydroxylation is 1. The van der Waals surface area contributed by atoms with E-state index < -0.39 is 5.60 Å². The molecule has 0 amide bonds. The average molecular weight is 271 g/mol. The van der Waals surface area contributed by atoms with Gasteiger partial charge in [-0.05, 0) is 31.1 Å². The van der Waals surface area contributed by atoms with Crippen LogP contribution in [0.5, 0.6) is 0 Å². The van der Waals surface area contributed by atoms with Crippen LogP contribution in [0.2, 0.25) is 5.02 Å². The first-order valence-corrected chi connectivity index (χ1v) is 7.31. The van der Waals surface area contributed by atoms with Crippen LogP contribution in [-0.2, 0) is 12.1 Å². The van der Waals surface area contributed by atoms with E-state index in [-0.39, 0.29) is 5.92 Å². The number of halogens is 1. The molecule has 1 aliphatic carbocycles. The van der Waals surface area contributed by atoms with Gasteiger partial charge in [-0.3, -0.25) is 4.68 Å². The number of hydrogen-bond acceptors (Lipinski definition) is 2. The number of aliphatic hydroxyl groups is 1. The molecule has 1 aromatic heterocycles. The van der Waals surface area contributed by atoms with Gasteiger partial charge in [0.2, 0.25) is 0 Å². The van der Waals surface area contributed by atoms with Crippen LogP contribution in [0.4, 0.5) is 0 Å². The zero-order valence-electron chi connectivity index (χ0n) is 11.5. The quantitative estimate of drug-likeness (QED) is 0.911. The minimum Gasteiger partial charge on any atom is -0.383 e. The molecule has 1 aliphatic rings. The van der Waals surface area contributed by atoms with E-state index in [9.17, 15) is 5.11 Å². The Morgan fingerprint density at radius 3 is 2.89 bits per heavy atom. The van der Waals surface area contributed by atoms with Crippen molar-refractivity contribution in [1.29, 1.82) is 0 Å². The van der Waals surface area contributed by atoms with Crippen LogP contribution in [0.15, 0.2) is 6.20 Å². The van der Waals surface area contributed by atoms with Crippen molar-refractivity contribution in [3.63, 3.8) is 0 Å². The van der Waals surface area contributed by atoms with Gasteiger partial charge in [-0.25, -0.2) is 0 Å². The molecule has 3 nitrogen and oxygen atoms in total. The van der Waals surface area contributed by atoms with Gasteiger partial charge in [-0.1, -0.05) is 38.8 Å². The lowest BCUT2D eigenvalue weighted by Gasteiger charge is -2.41. The molecule has 1 saturated carbocycles.